The van der Waals surface area contributed by atoms with Gasteiger partial charge in [0, 0.05) is 17.1 Å². The first-order valence-electron chi connectivity index (χ1n) is 8.03. The summed E-state index contributed by atoms with van der Waals surface area (Å²) in [6, 6.07) is 11.6. The molecule has 8 nitrogen and oxygen atoms in total. The highest BCUT2D eigenvalue weighted by atomic mass is 32.2. The van der Waals surface area contributed by atoms with Gasteiger partial charge in [-0.15, -0.1) is 0 Å². The first-order chi connectivity index (χ1) is 12.9. The molecule has 0 aliphatic carbocycles. The summed E-state index contributed by atoms with van der Waals surface area (Å²) in [4.78, 5) is 15.2. The van der Waals surface area contributed by atoms with Crippen LogP contribution in [0.3, 0.4) is 0 Å². The lowest BCUT2D eigenvalue weighted by molar-refractivity contribution is -0.129. The predicted octanol–water partition coefficient (Wildman–Crippen LogP) is 1.52. The summed E-state index contributed by atoms with van der Waals surface area (Å²) in [5.74, 6) is -0.637. The number of hydrogen-bond donors (Lipinski definition) is 4. The molecule has 5 N–H and O–H groups in total. The van der Waals surface area contributed by atoms with E-state index >= 15 is 0 Å². The molecule has 2 atom stereocenters. The summed E-state index contributed by atoms with van der Waals surface area (Å²) in [7, 11) is -2.74. The topological polar surface area (TPSA) is 135 Å². The number of sulfone groups is 1. The lowest BCUT2D eigenvalue weighted by atomic mass is 10.0. The average molecular weight is 389 g/mol. The predicted molar refractivity (Wildman–Crippen MR) is 99.1 cm³/mol. The Morgan fingerprint density at radius 1 is 1.19 bits per heavy atom. The number of carbonyl (C=O) groups excluding carboxylic acids is 1. The highest BCUT2D eigenvalue weighted by Crippen LogP contribution is 2.31. The van der Waals surface area contributed by atoms with Crippen LogP contribution in [0.1, 0.15) is 11.6 Å². The molecule has 0 saturated carbocycles. The third kappa shape index (κ3) is 3.39. The number of rotatable bonds is 6. The smallest absolute Gasteiger partial charge is 0.264 e. The van der Waals surface area contributed by atoms with E-state index in [0.717, 1.165) is 5.52 Å². The molecular formula is C18H19N3O5S. The van der Waals surface area contributed by atoms with E-state index in [1.165, 1.54) is 36.9 Å². The normalized spacial score (nSPS) is 13.9. The zero-order valence-corrected chi connectivity index (χ0v) is 15.2. The lowest BCUT2D eigenvalue weighted by Gasteiger charge is -2.22. The minimum Gasteiger partial charge on any atom is -0.497 e. The molecule has 0 fully saturated rings. The highest BCUT2D eigenvalue weighted by Gasteiger charge is 2.40. The van der Waals surface area contributed by atoms with Gasteiger partial charge in [-0.3, -0.25) is 10.0 Å². The number of H-pyrrole nitrogens is 1. The number of hydroxylamine groups is 1. The van der Waals surface area contributed by atoms with E-state index in [2.05, 4.69) is 4.98 Å². The van der Waals surface area contributed by atoms with Crippen LogP contribution in [0.4, 0.5) is 0 Å². The number of hydrogen-bond acceptors (Lipinski definition) is 6. The maximum atomic E-state index is 13.1. The van der Waals surface area contributed by atoms with Crippen LogP contribution in [0.15, 0.2) is 59.6 Å². The number of ether oxygens (including phenoxy) is 1. The van der Waals surface area contributed by atoms with Crippen molar-refractivity contribution in [3.05, 3.63) is 60.3 Å². The second-order valence-electron chi connectivity index (χ2n) is 5.93. The highest BCUT2D eigenvalue weighted by molar-refractivity contribution is 7.92. The molecule has 0 aliphatic rings. The van der Waals surface area contributed by atoms with E-state index in [-0.39, 0.29) is 4.90 Å². The standard InChI is InChI=1S/C18H19N3O5S/c1-26-11-6-8-12(9-7-11)27(24,25)17(18(22)21-23)16(19)14-10-20-15-5-3-2-4-13(14)15/h2-10,16-17,20,23H,19H2,1H3,(H,21,22). The molecule has 0 spiro atoms. The van der Waals surface area contributed by atoms with Crippen molar-refractivity contribution in [3.63, 3.8) is 0 Å². The number of methoxy groups -OCH3 is 1. The fourth-order valence-electron chi connectivity index (χ4n) is 3.01. The van der Waals surface area contributed by atoms with E-state index in [0.29, 0.717) is 16.7 Å². The number of aromatic amines is 1. The van der Waals surface area contributed by atoms with Crippen LogP contribution in [-0.2, 0) is 14.6 Å². The van der Waals surface area contributed by atoms with E-state index < -0.39 is 27.0 Å². The van der Waals surface area contributed by atoms with Gasteiger partial charge in [0.05, 0.1) is 18.0 Å². The van der Waals surface area contributed by atoms with Crippen molar-refractivity contribution < 1.29 is 23.2 Å². The van der Waals surface area contributed by atoms with E-state index in [1.807, 2.05) is 12.1 Å². The Hall–Kier alpha value is -2.88. The van der Waals surface area contributed by atoms with Crippen LogP contribution in [0, 0.1) is 0 Å². The Morgan fingerprint density at radius 2 is 1.85 bits per heavy atom. The summed E-state index contributed by atoms with van der Waals surface area (Å²) < 4.78 is 31.2. The Kier molecular flexibility index (Phi) is 5.17. The maximum Gasteiger partial charge on any atom is 0.264 e. The summed E-state index contributed by atoms with van der Waals surface area (Å²) >= 11 is 0. The first-order valence-corrected chi connectivity index (χ1v) is 9.58. The summed E-state index contributed by atoms with van der Waals surface area (Å²) in [6.07, 6.45) is 1.57. The molecule has 9 heteroatoms. The van der Waals surface area contributed by atoms with Gasteiger partial charge in [0.2, 0.25) is 0 Å². The van der Waals surface area contributed by atoms with Crippen molar-refractivity contribution >= 4 is 26.6 Å². The minimum absolute atomic E-state index is 0.104. The van der Waals surface area contributed by atoms with Crippen LogP contribution in [0.2, 0.25) is 0 Å². The molecule has 1 amide bonds. The van der Waals surface area contributed by atoms with Crippen molar-refractivity contribution in [2.45, 2.75) is 16.2 Å². The van der Waals surface area contributed by atoms with Gasteiger partial charge in [-0.1, -0.05) is 18.2 Å². The number of nitrogens with two attached hydrogens (primary N) is 1. The number of amides is 1. The van der Waals surface area contributed by atoms with Crippen LogP contribution in [0.5, 0.6) is 5.75 Å². The SMILES string of the molecule is COc1ccc(S(=O)(=O)C(C(=O)NO)C(N)c2c[nH]c3ccccc23)cc1. The average Bonchev–Trinajstić information content (AvgIpc) is 3.12. The molecule has 3 rings (SSSR count). The Bertz CT molecular complexity index is 1060. The molecule has 3 aromatic rings. The summed E-state index contributed by atoms with van der Waals surface area (Å²) in [6.45, 7) is 0. The Balaban J connectivity index is 2.08. The number of nitrogens with one attached hydrogen (secondary N) is 2. The molecule has 1 aromatic heterocycles. The maximum absolute atomic E-state index is 13.1. The lowest BCUT2D eigenvalue weighted by Crippen LogP contribution is -2.45. The van der Waals surface area contributed by atoms with Gasteiger partial charge in [0.1, 0.15) is 5.75 Å². The van der Waals surface area contributed by atoms with Crippen LogP contribution in [-0.4, -0.2) is 36.9 Å². The third-order valence-corrected chi connectivity index (χ3v) is 6.50. The van der Waals surface area contributed by atoms with Crippen LogP contribution < -0.4 is 16.0 Å². The summed E-state index contributed by atoms with van der Waals surface area (Å²) in [5.41, 5.74) is 8.84. The van der Waals surface area contributed by atoms with Gasteiger partial charge in [-0.2, -0.15) is 0 Å². The number of fused-ring (bicyclic) bond motifs is 1. The van der Waals surface area contributed by atoms with E-state index in [1.54, 1.807) is 18.3 Å². The molecular weight excluding hydrogens is 370 g/mol. The van der Waals surface area contributed by atoms with Gasteiger partial charge < -0.3 is 15.5 Å². The van der Waals surface area contributed by atoms with Gasteiger partial charge in [-0.05, 0) is 35.9 Å². The van der Waals surface area contributed by atoms with Gasteiger partial charge in [0.25, 0.3) is 5.91 Å². The van der Waals surface area contributed by atoms with E-state index in [4.69, 9.17) is 15.7 Å². The second-order valence-corrected chi connectivity index (χ2v) is 8.00. The molecule has 27 heavy (non-hydrogen) atoms. The minimum atomic E-state index is -4.20. The Labute approximate surface area is 155 Å². The number of carbonyl (C=O) groups is 1. The summed E-state index contributed by atoms with van der Waals surface area (Å²) in [5, 5.41) is 8.08. The molecule has 142 valence electrons. The third-order valence-electron chi connectivity index (χ3n) is 4.40. The quantitative estimate of drug-likeness (QED) is 0.373. The fraction of sp³-hybridized carbons (Fsp3) is 0.167. The second kappa shape index (κ2) is 7.39. The molecule has 0 saturated heterocycles. The van der Waals surface area contributed by atoms with Gasteiger partial charge >= 0.3 is 0 Å². The zero-order valence-electron chi connectivity index (χ0n) is 14.4. The zero-order chi connectivity index (χ0) is 19.6. The van der Waals surface area contributed by atoms with Crippen molar-refractivity contribution in [2.24, 2.45) is 5.73 Å². The molecule has 1 heterocycles. The van der Waals surface area contributed by atoms with Gasteiger partial charge in [0.15, 0.2) is 15.1 Å². The van der Waals surface area contributed by atoms with E-state index in [9.17, 15) is 13.2 Å². The molecule has 0 aliphatic heterocycles. The molecule has 2 unspecified atom stereocenters. The fourth-order valence-corrected chi connectivity index (χ4v) is 4.68. The van der Waals surface area contributed by atoms with Crippen molar-refractivity contribution in [2.75, 3.05) is 7.11 Å². The van der Waals surface area contributed by atoms with Crippen LogP contribution >= 0.6 is 0 Å². The number of aromatic nitrogens is 1. The molecule has 0 bridgehead atoms. The van der Waals surface area contributed by atoms with Crippen molar-refractivity contribution in [1.29, 1.82) is 0 Å². The van der Waals surface area contributed by atoms with Crippen LogP contribution in [0.25, 0.3) is 10.9 Å². The monoisotopic (exact) mass is 389 g/mol. The number of para-hydroxylation sites is 1. The van der Waals surface area contributed by atoms with Crippen molar-refractivity contribution in [1.82, 2.24) is 10.5 Å². The largest absolute Gasteiger partial charge is 0.497 e. The Morgan fingerprint density at radius 3 is 2.48 bits per heavy atom. The van der Waals surface area contributed by atoms with Crippen molar-refractivity contribution in [3.8, 4) is 5.75 Å². The first kappa shape index (κ1) is 18.9. The molecule has 2 aromatic carbocycles. The molecule has 0 radical (unpaired) electrons. The number of benzene rings is 2. The van der Waals surface area contributed by atoms with Gasteiger partial charge in [-0.25, -0.2) is 13.9 Å².